The minimum absolute atomic E-state index is 0.126. The number of anilines is 1. The predicted molar refractivity (Wildman–Crippen MR) is 71.0 cm³/mol. The highest BCUT2D eigenvalue weighted by Gasteiger charge is 2.06. The standard InChI is InChI=1S/C14H15N3O/c1-10-2-3-12(8-13(10)15)14(18)17-9-11-4-6-16-7-5-11/h2-8H,9,15H2,1H3,(H,17,18). The second kappa shape index (κ2) is 5.31. The Kier molecular flexibility index (Phi) is 3.57. The van der Waals surface area contributed by atoms with Gasteiger partial charge in [0.05, 0.1) is 0 Å². The zero-order valence-corrected chi connectivity index (χ0v) is 10.2. The fraction of sp³-hybridized carbons (Fsp3) is 0.143. The number of aryl methyl sites for hydroxylation is 1. The first kappa shape index (κ1) is 12.1. The van der Waals surface area contributed by atoms with Crippen molar-refractivity contribution in [1.29, 1.82) is 0 Å². The van der Waals surface area contributed by atoms with E-state index in [1.807, 2.05) is 25.1 Å². The lowest BCUT2D eigenvalue weighted by Crippen LogP contribution is -2.22. The van der Waals surface area contributed by atoms with Gasteiger partial charge in [0.15, 0.2) is 0 Å². The first-order chi connectivity index (χ1) is 8.66. The second-order valence-electron chi connectivity index (χ2n) is 4.11. The summed E-state index contributed by atoms with van der Waals surface area (Å²) in [7, 11) is 0. The third kappa shape index (κ3) is 2.85. The van der Waals surface area contributed by atoms with E-state index in [4.69, 9.17) is 5.73 Å². The third-order valence-electron chi connectivity index (χ3n) is 2.74. The minimum Gasteiger partial charge on any atom is -0.398 e. The van der Waals surface area contributed by atoms with E-state index < -0.39 is 0 Å². The smallest absolute Gasteiger partial charge is 0.251 e. The van der Waals surface area contributed by atoms with Crippen LogP contribution in [0.1, 0.15) is 21.5 Å². The van der Waals surface area contributed by atoms with Gasteiger partial charge in [0.1, 0.15) is 0 Å². The first-order valence-electron chi connectivity index (χ1n) is 5.70. The molecular weight excluding hydrogens is 226 g/mol. The summed E-state index contributed by atoms with van der Waals surface area (Å²) in [4.78, 5) is 15.8. The highest BCUT2D eigenvalue weighted by atomic mass is 16.1. The van der Waals surface area contributed by atoms with E-state index in [0.29, 0.717) is 17.8 Å². The van der Waals surface area contributed by atoms with Gasteiger partial charge in [-0.1, -0.05) is 6.07 Å². The van der Waals surface area contributed by atoms with Gasteiger partial charge in [-0.3, -0.25) is 9.78 Å². The molecule has 0 aliphatic heterocycles. The zero-order chi connectivity index (χ0) is 13.0. The van der Waals surface area contributed by atoms with Gasteiger partial charge >= 0.3 is 0 Å². The van der Waals surface area contributed by atoms with Crippen molar-refractivity contribution in [2.24, 2.45) is 0 Å². The van der Waals surface area contributed by atoms with Crippen molar-refractivity contribution >= 4 is 11.6 Å². The van der Waals surface area contributed by atoms with Gasteiger partial charge in [-0.2, -0.15) is 0 Å². The summed E-state index contributed by atoms with van der Waals surface area (Å²) in [5, 5.41) is 2.84. The molecule has 0 saturated carbocycles. The maximum absolute atomic E-state index is 11.9. The van der Waals surface area contributed by atoms with Gasteiger partial charge in [0, 0.05) is 30.2 Å². The van der Waals surface area contributed by atoms with Crippen molar-refractivity contribution in [3.63, 3.8) is 0 Å². The van der Waals surface area contributed by atoms with Gasteiger partial charge in [-0.05, 0) is 42.3 Å². The maximum Gasteiger partial charge on any atom is 0.251 e. The summed E-state index contributed by atoms with van der Waals surface area (Å²) in [5.41, 5.74) is 8.97. The number of benzene rings is 1. The SMILES string of the molecule is Cc1ccc(C(=O)NCc2ccncc2)cc1N. The van der Waals surface area contributed by atoms with Crippen LogP contribution in [0.15, 0.2) is 42.7 Å². The van der Waals surface area contributed by atoms with E-state index in [2.05, 4.69) is 10.3 Å². The molecule has 1 aromatic carbocycles. The molecule has 92 valence electrons. The van der Waals surface area contributed by atoms with Crippen LogP contribution < -0.4 is 11.1 Å². The van der Waals surface area contributed by atoms with Crippen LogP contribution in [-0.4, -0.2) is 10.9 Å². The van der Waals surface area contributed by atoms with Crippen LogP contribution >= 0.6 is 0 Å². The Balaban J connectivity index is 2.02. The van der Waals surface area contributed by atoms with Gasteiger partial charge in [-0.25, -0.2) is 0 Å². The average Bonchev–Trinajstić information content (AvgIpc) is 2.40. The average molecular weight is 241 g/mol. The molecule has 18 heavy (non-hydrogen) atoms. The molecule has 1 heterocycles. The monoisotopic (exact) mass is 241 g/mol. The quantitative estimate of drug-likeness (QED) is 0.806. The van der Waals surface area contributed by atoms with Gasteiger partial charge < -0.3 is 11.1 Å². The van der Waals surface area contributed by atoms with E-state index >= 15 is 0 Å². The number of nitrogens with zero attached hydrogens (tertiary/aromatic N) is 1. The Morgan fingerprint density at radius 1 is 1.28 bits per heavy atom. The fourth-order valence-corrected chi connectivity index (χ4v) is 1.57. The molecule has 0 spiro atoms. The number of carbonyl (C=O) groups excluding carboxylic acids is 1. The normalized spacial score (nSPS) is 10.1. The second-order valence-corrected chi connectivity index (χ2v) is 4.11. The van der Waals surface area contributed by atoms with Crippen molar-refractivity contribution in [2.75, 3.05) is 5.73 Å². The molecule has 0 atom stereocenters. The topological polar surface area (TPSA) is 68.0 Å². The molecule has 0 aliphatic carbocycles. The number of hydrogen-bond donors (Lipinski definition) is 2. The van der Waals surface area contributed by atoms with Crippen molar-refractivity contribution < 1.29 is 4.79 Å². The molecule has 0 saturated heterocycles. The van der Waals surface area contributed by atoms with Gasteiger partial charge in [-0.15, -0.1) is 0 Å². The number of carbonyl (C=O) groups is 1. The van der Waals surface area contributed by atoms with E-state index in [0.717, 1.165) is 11.1 Å². The molecule has 4 heteroatoms. The number of amides is 1. The Morgan fingerprint density at radius 3 is 2.67 bits per heavy atom. The maximum atomic E-state index is 11.9. The highest BCUT2D eigenvalue weighted by molar-refractivity contribution is 5.95. The number of aromatic nitrogens is 1. The fourth-order valence-electron chi connectivity index (χ4n) is 1.57. The number of hydrogen-bond acceptors (Lipinski definition) is 3. The van der Waals surface area contributed by atoms with Crippen LogP contribution in [0.4, 0.5) is 5.69 Å². The molecule has 1 aromatic heterocycles. The van der Waals surface area contributed by atoms with Crippen molar-refractivity contribution in [1.82, 2.24) is 10.3 Å². The van der Waals surface area contributed by atoms with E-state index in [-0.39, 0.29) is 5.91 Å². The van der Waals surface area contributed by atoms with Crippen molar-refractivity contribution in [3.8, 4) is 0 Å². The third-order valence-corrected chi connectivity index (χ3v) is 2.74. The molecule has 3 N–H and O–H groups in total. The largest absolute Gasteiger partial charge is 0.398 e. The summed E-state index contributed by atoms with van der Waals surface area (Å²) in [5.74, 6) is -0.126. The molecule has 0 unspecified atom stereocenters. The number of nitrogens with two attached hydrogens (primary N) is 1. The molecule has 0 fully saturated rings. The molecule has 0 aliphatic rings. The van der Waals surface area contributed by atoms with Gasteiger partial charge in [0.2, 0.25) is 0 Å². The van der Waals surface area contributed by atoms with E-state index in [1.165, 1.54) is 0 Å². The number of nitrogens with one attached hydrogen (secondary N) is 1. The zero-order valence-electron chi connectivity index (χ0n) is 10.2. The Hall–Kier alpha value is -2.36. The summed E-state index contributed by atoms with van der Waals surface area (Å²) in [6.45, 7) is 2.39. The molecule has 2 rings (SSSR count). The molecular formula is C14H15N3O. The van der Waals surface area contributed by atoms with Crippen LogP contribution in [0.2, 0.25) is 0 Å². The van der Waals surface area contributed by atoms with Gasteiger partial charge in [0.25, 0.3) is 5.91 Å². The lowest BCUT2D eigenvalue weighted by atomic mass is 10.1. The van der Waals surface area contributed by atoms with Crippen LogP contribution in [-0.2, 0) is 6.54 Å². The molecule has 0 bridgehead atoms. The summed E-state index contributed by atoms with van der Waals surface area (Å²) < 4.78 is 0. The van der Waals surface area contributed by atoms with Crippen LogP contribution in [0.3, 0.4) is 0 Å². The molecule has 1 amide bonds. The van der Waals surface area contributed by atoms with E-state index in [9.17, 15) is 4.79 Å². The van der Waals surface area contributed by atoms with Crippen LogP contribution in [0.25, 0.3) is 0 Å². The minimum atomic E-state index is -0.126. The summed E-state index contributed by atoms with van der Waals surface area (Å²) >= 11 is 0. The molecule has 0 radical (unpaired) electrons. The Bertz CT molecular complexity index is 552. The van der Waals surface area contributed by atoms with Crippen molar-refractivity contribution in [3.05, 3.63) is 59.4 Å². The lowest BCUT2D eigenvalue weighted by Gasteiger charge is -2.07. The van der Waals surface area contributed by atoms with E-state index in [1.54, 1.807) is 24.5 Å². The number of rotatable bonds is 3. The van der Waals surface area contributed by atoms with Crippen molar-refractivity contribution in [2.45, 2.75) is 13.5 Å². The summed E-state index contributed by atoms with van der Waals surface area (Å²) in [6, 6.07) is 9.04. The number of pyridine rings is 1. The Morgan fingerprint density at radius 2 is 2.00 bits per heavy atom. The van der Waals surface area contributed by atoms with Crippen LogP contribution in [0.5, 0.6) is 0 Å². The lowest BCUT2D eigenvalue weighted by molar-refractivity contribution is 0.0951. The van der Waals surface area contributed by atoms with Crippen LogP contribution in [0, 0.1) is 6.92 Å². The number of nitrogen functional groups attached to an aromatic ring is 1. The molecule has 4 nitrogen and oxygen atoms in total. The Labute approximate surface area is 106 Å². The predicted octanol–water partition coefficient (Wildman–Crippen LogP) is 1.90. The molecule has 2 aromatic rings. The summed E-state index contributed by atoms with van der Waals surface area (Å²) in [6.07, 6.45) is 3.40. The highest BCUT2D eigenvalue weighted by Crippen LogP contribution is 2.12. The first-order valence-corrected chi connectivity index (χ1v) is 5.70.